The van der Waals surface area contributed by atoms with Gasteiger partial charge in [-0.1, -0.05) is 54.0 Å². The Kier molecular flexibility index (Phi) is 7.12. The van der Waals surface area contributed by atoms with Gasteiger partial charge in [-0.15, -0.1) is 10.2 Å². The molecule has 31 heavy (non-hydrogen) atoms. The first kappa shape index (κ1) is 21.7. The van der Waals surface area contributed by atoms with Gasteiger partial charge in [0, 0.05) is 34.4 Å². The third kappa shape index (κ3) is 5.21. The van der Waals surface area contributed by atoms with E-state index in [4.69, 9.17) is 27.9 Å². The van der Waals surface area contributed by atoms with Gasteiger partial charge in [0.25, 0.3) is 0 Å². The molecule has 0 bridgehead atoms. The van der Waals surface area contributed by atoms with Crippen molar-refractivity contribution >= 4 is 35.0 Å². The Morgan fingerprint density at radius 1 is 0.968 bits per heavy atom. The van der Waals surface area contributed by atoms with Gasteiger partial charge in [0.15, 0.2) is 11.0 Å². The van der Waals surface area contributed by atoms with Crippen molar-refractivity contribution in [3.05, 3.63) is 82.6 Å². The summed E-state index contributed by atoms with van der Waals surface area (Å²) in [7, 11) is 0. The molecule has 0 spiro atoms. The van der Waals surface area contributed by atoms with Crippen LogP contribution in [0.15, 0.2) is 72.1 Å². The predicted molar refractivity (Wildman–Crippen MR) is 127 cm³/mol. The molecule has 4 aromatic rings. The molecule has 0 atom stereocenters. The van der Waals surface area contributed by atoms with Gasteiger partial charge in [-0.2, -0.15) is 0 Å². The van der Waals surface area contributed by atoms with Crippen LogP contribution in [0.3, 0.4) is 0 Å². The van der Waals surface area contributed by atoms with Crippen LogP contribution >= 0.6 is 35.0 Å². The lowest BCUT2D eigenvalue weighted by Gasteiger charge is -2.12. The molecule has 0 aliphatic carbocycles. The van der Waals surface area contributed by atoms with E-state index in [2.05, 4.69) is 50.9 Å². The van der Waals surface area contributed by atoms with Gasteiger partial charge in [-0.05, 0) is 54.4 Å². The number of rotatable bonds is 8. The summed E-state index contributed by atoms with van der Waals surface area (Å²) >= 11 is 13.7. The highest BCUT2D eigenvalue weighted by atomic mass is 35.5. The molecule has 2 aromatic carbocycles. The second-order valence-corrected chi connectivity index (χ2v) is 8.57. The average Bonchev–Trinajstić information content (AvgIpc) is 3.22. The Morgan fingerprint density at radius 3 is 2.45 bits per heavy atom. The summed E-state index contributed by atoms with van der Waals surface area (Å²) < 4.78 is 7.87. The highest BCUT2D eigenvalue weighted by Crippen LogP contribution is 2.30. The van der Waals surface area contributed by atoms with Crippen LogP contribution in [-0.4, -0.2) is 32.1 Å². The summed E-state index contributed by atoms with van der Waals surface area (Å²) in [5.41, 5.74) is 3.25. The highest BCUT2D eigenvalue weighted by Gasteiger charge is 2.16. The average molecular weight is 471 g/mol. The van der Waals surface area contributed by atoms with Crippen LogP contribution in [0.5, 0.6) is 5.75 Å². The molecule has 0 saturated carbocycles. The minimum atomic E-state index is 0.470. The maximum Gasteiger partial charge on any atom is 0.196 e. The molecular weight excluding hydrogens is 451 g/mol. The smallest absolute Gasteiger partial charge is 0.196 e. The van der Waals surface area contributed by atoms with Crippen LogP contribution in [0.4, 0.5) is 0 Å². The third-order valence-corrected chi connectivity index (χ3v) is 6.06. The number of thioether (sulfide) groups is 1. The summed E-state index contributed by atoms with van der Waals surface area (Å²) in [4.78, 5) is 4.11. The van der Waals surface area contributed by atoms with Crippen molar-refractivity contribution in [3.63, 3.8) is 0 Å². The zero-order valence-corrected chi connectivity index (χ0v) is 19.2. The van der Waals surface area contributed by atoms with Gasteiger partial charge in [0.2, 0.25) is 0 Å². The molecule has 0 N–H and O–H groups in total. The Morgan fingerprint density at radius 2 is 1.74 bits per heavy atom. The summed E-state index contributed by atoms with van der Waals surface area (Å²) in [6.07, 6.45) is 4.50. The summed E-state index contributed by atoms with van der Waals surface area (Å²) in [6.45, 7) is 2.61. The minimum absolute atomic E-state index is 0.470. The molecule has 2 heterocycles. The standard InChI is InChI=1S/C23H20Cl2N4OS/c1-2-16-3-6-19(7-4-16)29-22(17-9-11-26-12-10-17)27-28-23(29)31-14-13-30-21-8-5-18(24)15-20(21)25/h3-12,15H,2,13-14H2,1H3. The Hall–Kier alpha value is -2.54. The molecule has 2 aromatic heterocycles. The number of hydrogen-bond donors (Lipinski definition) is 0. The number of pyridine rings is 1. The first-order chi connectivity index (χ1) is 15.2. The van der Waals surface area contributed by atoms with E-state index in [0.29, 0.717) is 28.2 Å². The lowest BCUT2D eigenvalue weighted by atomic mass is 10.1. The zero-order chi connectivity index (χ0) is 21.6. The SMILES string of the molecule is CCc1ccc(-n2c(SCCOc3ccc(Cl)cc3Cl)nnc2-c2ccncc2)cc1. The van der Waals surface area contributed by atoms with E-state index in [-0.39, 0.29) is 0 Å². The van der Waals surface area contributed by atoms with Crippen molar-refractivity contribution in [2.75, 3.05) is 12.4 Å². The third-order valence-electron chi connectivity index (χ3n) is 4.64. The molecule has 5 nitrogen and oxygen atoms in total. The van der Waals surface area contributed by atoms with Crippen molar-refractivity contribution in [2.24, 2.45) is 0 Å². The lowest BCUT2D eigenvalue weighted by Crippen LogP contribution is -2.04. The van der Waals surface area contributed by atoms with E-state index in [1.807, 2.05) is 12.1 Å². The molecule has 0 unspecified atom stereocenters. The van der Waals surface area contributed by atoms with E-state index >= 15 is 0 Å². The normalized spacial score (nSPS) is 10.9. The fourth-order valence-electron chi connectivity index (χ4n) is 3.04. The van der Waals surface area contributed by atoms with Crippen LogP contribution in [0.25, 0.3) is 17.1 Å². The second kappa shape index (κ2) is 10.2. The molecular formula is C23H20Cl2N4OS. The van der Waals surface area contributed by atoms with Crippen molar-refractivity contribution in [3.8, 4) is 22.8 Å². The molecule has 0 fully saturated rings. The van der Waals surface area contributed by atoms with Crippen molar-refractivity contribution in [2.45, 2.75) is 18.5 Å². The van der Waals surface area contributed by atoms with Crippen LogP contribution in [0.2, 0.25) is 10.0 Å². The van der Waals surface area contributed by atoms with Crippen molar-refractivity contribution < 1.29 is 4.74 Å². The molecule has 0 aliphatic rings. The number of ether oxygens (including phenoxy) is 1. The maximum atomic E-state index is 6.18. The van der Waals surface area contributed by atoms with Gasteiger partial charge >= 0.3 is 0 Å². The number of aryl methyl sites for hydroxylation is 1. The van der Waals surface area contributed by atoms with Crippen molar-refractivity contribution in [1.29, 1.82) is 0 Å². The first-order valence-corrected chi connectivity index (χ1v) is 11.6. The van der Waals surface area contributed by atoms with Gasteiger partial charge < -0.3 is 4.74 Å². The van der Waals surface area contributed by atoms with E-state index in [1.165, 1.54) is 5.56 Å². The van der Waals surface area contributed by atoms with Crippen LogP contribution in [0.1, 0.15) is 12.5 Å². The van der Waals surface area contributed by atoms with E-state index < -0.39 is 0 Å². The number of halogens is 2. The lowest BCUT2D eigenvalue weighted by molar-refractivity contribution is 0.344. The fraction of sp³-hybridized carbons (Fsp3) is 0.174. The number of nitrogens with zero attached hydrogens (tertiary/aromatic N) is 4. The largest absolute Gasteiger partial charge is 0.491 e. The molecule has 8 heteroatoms. The van der Waals surface area contributed by atoms with E-state index in [1.54, 1.807) is 42.4 Å². The number of hydrogen-bond acceptors (Lipinski definition) is 5. The first-order valence-electron chi connectivity index (χ1n) is 9.81. The topological polar surface area (TPSA) is 52.8 Å². The second-order valence-electron chi connectivity index (χ2n) is 6.67. The quantitative estimate of drug-likeness (QED) is 0.221. The fourth-order valence-corrected chi connectivity index (χ4v) is 4.27. The van der Waals surface area contributed by atoms with Gasteiger partial charge in [-0.25, -0.2) is 0 Å². The Balaban J connectivity index is 1.54. The van der Waals surface area contributed by atoms with Gasteiger partial charge in [0.05, 0.1) is 11.6 Å². The van der Waals surface area contributed by atoms with E-state index in [0.717, 1.165) is 28.7 Å². The van der Waals surface area contributed by atoms with E-state index in [9.17, 15) is 0 Å². The Bertz CT molecular complexity index is 1150. The van der Waals surface area contributed by atoms with Gasteiger partial charge in [-0.3, -0.25) is 9.55 Å². The summed E-state index contributed by atoms with van der Waals surface area (Å²) in [6, 6.07) is 17.5. The predicted octanol–water partition coefficient (Wildman–Crippen LogP) is 6.37. The maximum absolute atomic E-state index is 6.18. The Labute approximate surface area is 195 Å². The highest BCUT2D eigenvalue weighted by molar-refractivity contribution is 7.99. The van der Waals surface area contributed by atoms with Crippen LogP contribution in [-0.2, 0) is 6.42 Å². The molecule has 0 radical (unpaired) electrons. The molecule has 158 valence electrons. The molecule has 0 saturated heterocycles. The molecule has 0 aliphatic heterocycles. The summed E-state index contributed by atoms with van der Waals surface area (Å²) in [5, 5.41) is 10.8. The van der Waals surface area contributed by atoms with Crippen molar-refractivity contribution in [1.82, 2.24) is 19.7 Å². The zero-order valence-electron chi connectivity index (χ0n) is 16.8. The van der Waals surface area contributed by atoms with Crippen LogP contribution < -0.4 is 4.74 Å². The molecule has 0 amide bonds. The summed E-state index contributed by atoms with van der Waals surface area (Å²) in [5.74, 6) is 2.07. The number of aromatic nitrogens is 4. The van der Waals surface area contributed by atoms with Gasteiger partial charge in [0.1, 0.15) is 5.75 Å². The number of benzene rings is 2. The minimum Gasteiger partial charge on any atom is -0.491 e. The van der Waals surface area contributed by atoms with Crippen LogP contribution in [0, 0.1) is 0 Å². The molecule has 4 rings (SSSR count). The monoisotopic (exact) mass is 470 g/mol.